The van der Waals surface area contributed by atoms with Crippen LogP contribution in [0.2, 0.25) is 10.0 Å². The van der Waals surface area contributed by atoms with Crippen LogP contribution in [0.3, 0.4) is 0 Å². The third-order valence-corrected chi connectivity index (χ3v) is 7.68. The van der Waals surface area contributed by atoms with Gasteiger partial charge in [-0.25, -0.2) is 9.78 Å². The first kappa shape index (κ1) is 31.3. The lowest BCUT2D eigenvalue weighted by Gasteiger charge is -2.22. The van der Waals surface area contributed by atoms with E-state index in [1.165, 1.54) is 0 Å². The molecule has 2 aromatic heterocycles. The van der Waals surface area contributed by atoms with Crippen molar-refractivity contribution in [2.24, 2.45) is 0 Å². The van der Waals surface area contributed by atoms with Gasteiger partial charge in [-0.2, -0.15) is 0 Å². The fourth-order valence-electron chi connectivity index (χ4n) is 4.02. The number of alkyl carbamates (subject to hydrolysis) is 1. The van der Waals surface area contributed by atoms with Crippen molar-refractivity contribution in [3.8, 4) is 0 Å². The predicted molar refractivity (Wildman–Crippen MR) is 160 cm³/mol. The van der Waals surface area contributed by atoms with Gasteiger partial charge in [0.2, 0.25) is 0 Å². The number of pyridine rings is 1. The van der Waals surface area contributed by atoms with Gasteiger partial charge in [0.1, 0.15) is 10.9 Å². The number of halogens is 2. The molecule has 1 aromatic carbocycles. The van der Waals surface area contributed by atoms with Crippen LogP contribution in [0.4, 0.5) is 4.79 Å². The molecule has 2 heterocycles. The molecule has 0 unspecified atom stereocenters. The van der Waals surface area contributed by atoms with E-state index in [1.807, 2.05) is 24.3 Å². The minimum atomic E-state index is -0.451. The third-order valence-electron chi connectivity index (χ3n) is 6.15. The van der Waals surface area contributed by atoms with Crippen LogP contribution in [0.25, 0.3) is 0 Å². The van der Waals surface area contributed by atoms with Gasteiger partial charge in [0.15, 0.2) is 6.61 Å². The number of carbonyl (C=O) groups excluding carboxylic acids is 1. The summed E-state index contributed by atoms with van der Waals surface area (Å²) in [6.07, 6.45) is 7.53. The van der Waals surface area contributed by atoms with Crippen LogP contribution in [0.5, 0.6) is 0 Å². The first-order valence-electron chi connectivity index (χ1n) is 13.6. The van der Waals surface area contributed by atoms with Crippen LogP contribution in [0.1, 0.15) is 76.4 Å². The molecule has 7 nitrogen and oxygen atoms in total. The van der Waals surface area contributed by atoms with Crippen molar-refractivity contribution in [2.75, 3.05) is 19.8 Å². The number of ether oxygens (including phenoxy) is 1. The zero-order valence-corrected chi connectivity index (χ0v) is 25.6. The van der Waals surface area contributed by atoms with Gasteiger partial charge in [0.25, 0.3) is 0 Å². The summed E-state index contributed by atoms with van der Waals surface area (Å²) >= 11 is 14.1. The van der Waals surface area contributed by atoms with E-state index in [9.17, 15) is 4.79 Å². The molecule has 212 valence electrons. The zero-order chi connectivity index (χ0) is 28.2. The molecule has 0 saturated carbocycles. The molecule has 0 atom stereocenters. The van der Waals surface area contributed by atoms with Crippen LogP contribution in [0, 0.1) is 0 Å². The Balaban J connectivity index is 1.82. The number of amides is 1. The molecule has 10 heteroatoms. The number of rotatable bonds is 15. The summed E-state index contributed by atoms with van der Waals surface area (Å²) in [5, 5.41) is 5.03. The number of aromatic nitrogens is 3. The molecule has 3 aromatic rings. The Bertz CT molecular complexity index is 1160. The Kier molecular flexibility index (Phi) is 12.9. The molecule has 1 amide bonds. The molecular formula is C29H39Cl2N5O2S. The minimum absolute atomic E-state index is 0.0530. The fourth-order valence-corrected chi connectivity index (χ4v) is 5.94. The summed E-state index contributed by atoms with van der Waals surface area (Å²) in [4.78, 5) is 24.9. The number of imidazole rings is 1. The number of nitrogens with one attached hydrogen (secondary N) is 1. The summed E-state index contributed by atoms with van der Waals surface area (Å²) in [7, 11) is 0. The lowest BCUT2D eigenvalue weighted by Crippen LogP contribution is -2.39. The maximum absolute atomic E-state index is 12.7. The van der Waals surface area contributed by atoms with E-state index in [2.05, 4.69) is 47.5 Å². The van der Waals surface area contributed by atoms with Crippen LogP contribution in [0.15, 0.2) is 52.6 Å². The van der Waals surface area contributed by atoms with Crippen molar-refractivity contribution >= 4 is 41.1 Å². The maximum Gasteiger partial charge on any atom is 0.408 e. The highest BCUT2D eigenvalue weighted by Crippen LogP contribution is 2.37. The number of hydrogen-bond acceptors (Lipinski definition) is 6. The van der Waals surface area contributed by atoms with Gasteiger partial charge >= 0.3 is 6.09 Å². The van der Waals surface area contributed by atoms with Crippen LogP contribution >= 0.6 is 35.0 Å². The van der Waals surface area contributed by atoms with Crippen LogP contribution < -0.4 is 5.32 Å². The van der Waals surface area contributed by atoms with Crippen molar-refractivity contribution in [3.05, 3.63) is 69.9 Å². The van der Waals surface area contributed by atoms with Gasteiger partial charge < -0.3 is 14.6 Å². The average molecular weight is 593 g/mol. The molecule has 0 aliphatic heterocycles. The van der Waals surface area contributed by atoms with Crippen LogP contribution in [-0.2, 0) is 17.9 Å². The molecule has 0 aliphatic rings. The van der Waals surface area contributed by atoms with Gasteiger partial charge in [0, 0.05) is 27.3 Å². The van der Waals surface area contributed by atoms with E-state index in [1.54, 1.807) is 30.2 Å². The van der Waals surface area contributed by atoms with Gasteiger partial charge in [-0.05, 0) is 67.7 Å². The highest BCUT2D eigenvalue weighted by molar-refractivity contribution is 7.99. The van der Waals surface area contributed by atoms with E-state index < -0.39 is 6.09 Å². The Morgan fingerprint density at radius 3 is 2.31 bits per heavy atom. The lowest BCUT2D eigenvalue weighted by molar-refractivity contribution is 0.126. The van der Waals surface area contributed by atoms with Gasteiger partial charge in [-0.3, -0.25) is 9.88 Å². The van der Waals surface area contributed by atoms with Gasteiger partial charge in [-0.15, -0.1) is 0 Å². The van der Waals surface area contributed by atoms with E-state index in [0.29, 0.717) is 29.1 Å². The molecule has 1 N–H and O–H groups in total. The molecule has 0 radical (unpaired) electrons. The van der Waals surface area contributed by atoms with Crippen LogP contribution in [-0.4, -0.2) is 45.3 Å². The van der Waals surface area contributed by atoms with Crippen molar-refractivity contribution in [3.63, 3.8) is 0 Å². The first-order valence-corrected chi connectivity index (χ1v) is 15.1. The molecule has 0 fully saturated rings. The lowest BCUT2D eigenvalue weighted by atomic mass is 10.1. The minimum Gasteiger partial charge on any atom is -0.441 e. The highest BCUT2D eigenvalue weighted by atomic mass is 35.5. The van der Waals surface area contributed by atoms with E-state index >= 15 is 0 Å². The summed E-state index contributed by atoms with van der Waals surface area (Å²) in [6.45, 7) is 11.5. The Hall–Kier alpha value is -2.26. The number of hydrogen-bond donors (Lipinski definition) is 1. The SMILES string of the molecule is CCCCN(CCCC)CNC(=O)OCc1nc(C(C)C)c(Sc2cc(Cl)cc(Cl)c2)n1Cc1ccncc1. The normalized spacial score (nSPS) is 11.4. The Morgan fingerprint density at radius 2 is 1.72 bits per heavy atom. The molecule has 39 heavy (non-hydrogen) atoms. The highest BCUT2D eigenvalue weighted by Gasteiger charge is 2.22. The molecule has 0 saturated heterocycles. The largest absolute Gasteiger partial charge is 0.441 e. The second-order valence-corrected chi connectivity index (χ2v) is 11.7. The third kappa shape index (κ3) is 10.0. The van der Waals surface area contributed by atoms with E-state index in [-0.39, 0.29) is 12.5 Å². The molecule has 0 bridgehead atoms. The standard InChI is InChI=1S/C29H39Cl2N5O2S/c1-5-7-13-35(14-8-6-2)20-33-29(37)38-19-26-34-27(21(3)4)28(36(26)18-22-9-11-32-12-10-22)39-25-16-23(30)15-24(31)17-25/h9-12,15-17,21H,5-8,13-14,18-20H2,1-4H3,(H,33,37). The number of unbranched alkanes of at least 4 members (excludes halogenated alkanes) is 2. The zero-order valence-electron chi connectivity index (χ0n) is 23.3. The number of benzene rings is 1. The van der Waals surface area contributed by atoms with Gasteiger partial charge in [-0.1, -0.05) is 75.5 Å². The van der Waals surface area contributed by atoms with E-state index in [4.69, 9.17) is 32.9 Å². The summed E-state index contributed by atoms with van der Waals surface area (Å²) in [5.41, 5.74) is 1.99. The molecule has 0 spiro atoms. The van der Waals surface area contributed by atoms with Crippen molar-refractivity contribution in [2.45, 2.75) is 82.4 Å². The van der Waals surface area contributed by atoms with Crippen molar-refractivity contribution < 1.29 is 9.53 Å². The summed E-state index contributed by atoms with van der Waals surface area (Å²) in [5.74, 6) is 0.828. The summed E-state index contributed by atoms with van der Waals surface area (Å²) < 4.78 is 7.78. The second-order valence-electron chi connectivity index (χ2n) is 9.76. The first-order chi connectivity index (χ1) is 18.8. The second kappa shape index (κ2) is 16.1. The van der Waals surface area contributed by atoms with Gasteiger partial charge in [0.05, 0.1) is 18.9 Å². The quantitative estimate of drug-likeness (QED) is 0.180. The average Bonchev–Trinajstić information content (AvgIpc) is 3.23. The monoisotopic (exact) mass is 591 g/mol. The maximum atomic E-state index is 12.7. The molecule has 0 aliphatic carbocycles. The fraction of sp³-hybridized carbons (Fsp3) is 0.483. The topological polar surface area (TPSA) is 72.3 Å². The Labute approximate surface area is 246 Å². The van der Waals surface area contributed by atoms with E-state index in [0.717, 1.165) is 60.0 Å². The van der Waals surface area contributed by atoms with Crippen molar-refractivity contribution in [1.82, 2.24) is 24.8 Å². The summed E-state index contributed by atoms with van der Waals surface area (Å²) in [6, 6.07) is 9.43. The van der Waals surface area contributed by atoms with Crippen molar-refractivity contribution in [1.29, 1.82) is 0 Å². The predicted octanol–water partition coefficient (Wildman–Crippen LogP) is 7.99. The smallest absolute Gasteiger partial charge is 0.408 e. The molecule has 3 rings (SSSR count). The molecular weight excluding hydrogens is 553 g/mol. The number of nitrogens with zero attached hydrogens (tertiary/aromatic N) is 4. The number of carbonyl (C=O) groups is 1. The Morgan fingerprint density at radius 1 is 1.08 bits per heavy atom.